The highest BCUT2D eigenvalue weighted by molar-refractivity contribution is 9.12. The molecule has 0 aliphatic heterocycles. The van der Waals surface area contributed by atoms with E-state index in [2.05, 4.69) is 64.0 Å². The molecule has 0 aliphatic carbocycles. The molecule has 0 spiro atoms. The van der Waals surface area contributed by atoms with Gasteiger partial charge < -0.3 is 5.32 Å². The highest BCUT2D eigenvalue weighted by Gasteiger charge is 2.16. The number of nitrogens with one attached hydrogen (secondary N) is 1. The van der Waals surface area contributed by atoms with Crippen LogP contribution >= 0.6 is 43.2 Å². The standard InChI is InChI=1S/C14H23Br2NS/c1-4-8-17-12(7-5-6-10(2)3)11-9-13(15)18-14(11)16/h9-10,12,17H,4-8H2,1-3H3. The van der Waals surface area contributed by atoms with E-state index in [9.17, 15) is 0 Å². The van der Waals surface area contributed by atoms with E-state index in [1.54, 1.807) is 11.3 Å². The molecule has 0 aromatic carbocycles. The number of rotatable bonds is 8. The van der Waals surface area contributed by atoms with Crippen LogP contribution in [0.3, 0.4) is 0 Å². The van der Waals surface area contributed by atoms with E-state index < -0.39 is 0 Å². The predicted molar refractivity (Wildman–Crippen MR) is 89.4 cm³/mol. The minimum absolute atomic E-state index is 0.487. The largest absolute Gasteiger partial charge is 0.310 e. The van der Waals surface area contributed by atoms with E-state index in [0.29, 0.717) is 6.04 Å². The van der Waals surface area contributed by atoms with E-state index in [1.807, 2.05) is 0 Å². The van der Waals surface area contributed by atoms with Crippen LogP contribution < -0.4 is 5.32 Å². The van der Waals surface area contributed by atoms with Gasteiger partial charge in [-0.2, -0.15) is 0 Å². The molecule has 0 bridgehead atoms. The maximum atomic E-state index is 3.68. The van der Waals surface area contributed by atoms with Crippen molar-refractivity contribution in [1.82, 2.24) is 5.32 Å². The second-order valence-corrected chi connectivity index (χ2v) is 8.86. The first kappa shape index (κ1) is 16.7. The first-order chi connectivity index (χ1) is 8.54. The van der Waals surface area contributed by atoms with Gasteiger partial charge in [-0.25, -0.2) is 0 Å². The van der Waals surface area contributed by atoms with Gasteiger partial charge in [0.05, 0.1) is 7.57 Å². The summed E-state index contributed by atoms with van der Waals surface area (Å²) in [5, 5.41) is 3.67. The van der Waals surface area contributed by atoms with Gasteiger partial charge in [-0.05, 0) is 68.8 Å². The molecule has 1 unspecified atom stereocenters. The van der Waals surface area contributed by atoms with E-state index >= 15 is 0 Å². The number of halogens is 2. The van der Waals surface area contributed by atoms with Crippen molar-refractivity contribution in [3.05, 3.63) is 19.2 Å². The van der Waals surface area contributed by atoms with Gasteiger partial charge in [0.1, 0.15) is 0 Å². The summed E-state index contributed by atoms with van der Waals surface area (Å²) in [7, 11) is 0. The number of hydrogen-bond acceptors (Lipinski definition) is 2. The lowest BCUT2D eigenvalue weighted by atomic mass is 10.00. The molecule has 18 heavy (non-hydrogen) atoms. The molecule has 1 nitrogen and oxygen atoms in total. The smallest absolute Gasteiger partial charge is 0.0758 e. The van der Waals surface area contributed by atoms with Gasteiger partial charge in [0.15, 0.2) is 0 Å². The Kier molecular flexibility index (Phi) is 8.08. The van der Waals surface area contributed by atoms with E-state index in [-0.39, 0.29) is 0 Å². The predicted octanol–water partition coefficient (Wildman–Crippen LogP) is 6.14. The summed E-state index contributed by atoms with van der Waals surface area (Å²) < 4.78 is 2.46. The van der Waals surface area contributed by atoms with Crippen LogP contribution in [0, 0.1) is 5.92 Å². The molecular formula is C14H23Br2NS. The average Bonchev–Trinajstić information content (AvgIpc) is 2.62. The SMILES string of the molecule is CCCNC(CCCC(C)C)c1cc(Br)sc1Br. The van der Waals surface area contributed by atoms with Crippen LogP contribution in [-0.2, 0) is 0 Å². The zero-order valence-corrected chi connectivity index (χ0v) is 15.4. The minimum atomic E-state index is 0.487. The fourth-order valence-electron chi connectivity index (χ4n) is 2.01. The Hall–Kier alpha value is 0.620. The number of hydrogen-bond donors (Lipinski definition) is 1. The topological polar surface area (TPSA) is 12.0 Å². The van der Waals surface area contributed by atoms with Crippen molar-refractivity contribution in [3.63, 3.8) is 0 Å². The van der Waals surface area contributed by atoms with E-state index in [0.717, 1.165) is 12.5 Å². The van der Waals surface area contributed by atoms with Crippen molar-refractivity contribution in [2.45, 2.75) is 52.5 Å². The number of thiophene rings is 1. The molecule has 0 saturated carbocycles. The van der Waals surface area contributed by atoms with Crippen LogP contribution in [0.5, 0.6) is 0 Å². The molecule has 1 N–H and O–H groups in total. The lowest BCUT2D eigenvalue weighted by Crippen LogP contribution is -2.22. The first-order valence-electron chi connectivity index (χ1n) is 6.72. The maximum absolute atomic E-state index is 3.68. The summed E-state index contributed by atoms with van der Waals surface area (Å²) in [6.07, 6.45) is 5.01. The molecule has 4 heteroatoms. The molecule has 1 aromatic heterocycles. The summed E-state index contributed by atoms with van der Waals surface area (Å²) >= 11 is 9.01. The van der Waals surface area contributed by atoms with Crippen LogP contribution in [0.25, 0.3) is 0 Å². The second-order valence-electron chi connectivity index (χ2n) is 5.11. The Bertz CT molecular complexity index is 350. The van der Waals surface area contributed by atoms with Crippen LogP contribution in [0.1, 0.15) is 58.1 Å². The van der Waals surface area contributed by atoms with Crippen molar-refractivity contribution < 1.29 is 0 Å². The molecule has 104 valence electrons. The molecule has 0 amide bonds. The molecule has 1 aromatic rings. The van der Waals surface area contributed by atoms with Crippen LogP contribution in [0.4, 0.5) is 0 Å². The van der Waals surface area contributed by atoms with Crippen LogP contribution in [-0.4, -0.2) is 6.54 Å². The van der Waals surface area contributed by atoms with Gasteiger partial charge in [0.2, 0.25) is 0 Å². The summed E-state index contributed by atoms with van der Waals surface area (Å²) in [5.74, 6) is 0.800. The first-order valence-corrected chi connectivity index (χ1v) is 9.13. The van der Waals surface area contributed by atoms with Crippen molar-refractivity contribution in [2.75, 3.05) is 6.54 Å². The molecule has 0 fully saturated rings. The molecular weight excluding hydrogens is 374 g/mol. The summed E-state index contributed by atoms with van der Waals surface area (Å²) in [6.45, 7) is 7.90. The van der Waals surface area contributed by atoms with Gasteiger partial charge in [-0.15, -0.1) is 11.3 Å². The maximum Gasteiger partial charge on any atom is 0.0758 e. The van der Waals surface area contributed by atoms with E-state index in [1.165, 1.54) is 38.8 Å². The lowest BCUT2D eigenvalue weighted by Gasteiger charge is -2.18. The zero-order valence-electron chi connectivity index (χ0n) is 11.4. The molecule has 1 rings (SSSR count). The van der Waals surface area contributed by atoms with Crippen LogP contribution in [0.2, 0.25) is 0 Å². The highest BCUT2D eigenvalue weighted by atomic mass is 79.9. The molecule has 0 radical (unpaired) electrons. The summed E-state index contributed by atoms with van der Waals surface area (Å²) in [5.41, 5.74) is 1.41. The van der Waals surface area contributed by atoms with Crippen molar-refractivity contribution in [1.29, 1.82) is 0 Å². The highest BCUT2D eigenvalue weighted by Crippen LogP contribution is 2.37. The fraction of sp³-hybridized carbons (Fsp3) is 0.714. The van der Waals surface area contributed by atoms with Gasteiger partial charge >= 0.3 is 0 Å². The van der Waals surface area contributed by atoms with Crippen molar-refractivity contribution in [2.24, 2.45) is 5.92 Å². The van der Waals surface area contributed by atoms with E-state index in [4.69, 9.17) is 0 Å². The van der Waals surface area contributed by atoms with Crippen LogP contribution in [0.15, 0.2) is 13.6 Å². The normalized spacial score (nSPS) is 13.2. The Morgan fingerprint density at radius 1 is 1.28 bits per heavy atom. The average molecular weight is 397 g/mol. The Morgan fingerprint density at radius 2 is 2.00 bits per heavy atom. The Morgan fingerprint density at radius 3 is 2.50 bits per heavy atom. The molecule has 1 heterocycles. The minimum Gasteiger partial charge on any atom is -0.310 e. The third-order valence-electron chi connectivity index (χ3n) is 2.97. The van der Waals surface area contributed by atoms with Gasteiger partial charge in [-0.3, -0.25) is 0 Å². The lowest BCUT2D eigenvalue weighted by molar-refractivity contribution is 0.447. The molecule has 1 atom stereocenters. The van der Waals surface area contributed by atoms with Crippen molar-refractivity contribution in [3.8, 4) is 0 Å². The third kappa shape index (κ3) is 5.72. The quantitative estimate of drug-likeness (QED) is 0.556. The molecule has 0 saturated heterocycles. The van der Waals surface area contributed by atoms with Gasteiger partial charge in [-0.1, -0.05) is 33.6 Å². The fourth-order valence-corrected chi connectivity index (χ4v) is 4.98. The second kappa shape index (κ2) is 8.72. The Balaban J connectivity index is 2.62. The monoisotopic (exact) mass is 395 g/mol. The van der Waals surface area contributed by atoms with Crippen molar-refractivity contribution >= 4 is 43.2 Å². The third-order valence-corrected chi connectivity index (χ3v) is 5.36. The summed E-state index contributed by atoms with van der Waals surface area (Å²) in [4.78, 5) is 0. The van der Waals surface area contributed by atoms with Gasteiger partial charge in [0.25, 0.3) is 0 Å². The Labute approximate surface area is 132 Å². The van der Waals surface area contributed by atoms with Gasteiger partial charge in [0, 0.05) is 6.04 Å². The summed E-state index contributed by atoms with van der Waals surface area (Å²) in [6, 6.07) is 2.73. The zero-order chi connectivity index (χ0) is 13.5. The molecule has 0 aliphatic rings.